The van der Waals surface area contributed by atoms with Crippen LogP contribution < -0.4 is 11.1 Å². The van der Waals surface area contributed by atoms with E-state index in [2.05, 4.69) is 5.32 Å². The molecule has 2 aliphatic heterocycles. The number of alkyl halides is 3. The smallest absolute Gasteiger partial charge is 0.417 e. The number of primary amides is 1. The monoisotopic (exact) mass is 562 g/mol. The maximum atomic E-state index is 14.6. The van der Waals surface area contributed by atoms with Crippen LogP contribution in [0.3, 0.4) is 0 Å². The number of carbonyl (C=O) groups is 2. The number of rotatable bonds is 3. The zero-order chi connectivity index (χ0) is 28.9. The van der Waals surface area contributed by atoms with Crippen molar-refractivity contribution in [2.45, 2.75) is 56.0 Å². The van der Waals surface area contributed by atoms with Crippen molar-refractivity contribution in [1.82, 2.24) is 10.2 Å². The molecule has 214 valence electrons. The van der Waals surface area contributed by atoms with Crippen molar-refractivity contribution < 1.29 is 43.2 Å². The maximum absolute atomic E-state index is 14.6. The number of aliphatic hydroxyl groups excluding tert-OH is 2. The normalized spacial score (nSPS) is 32.5. The molecule has 0 aromatic heterocycles. The van der Waals surface area contributed by atoms with E-state index in [1.54, 1.807) is 4.90 Å². The minimum Gasteiger partial charge on any atom is -0.510 e. The van der Waals surface area contributed by atoms with Crippen LogP contribution in [0.5, 0.6) is 5.75 Å². The Hall–Kier alpha value is -3.42. The predicted octanol–water partition coefficient (Wildman–Crippen LogP) is 2.00. The van der Waals surface area contributed by atoms with Crippen LogP contribution in [0, 0.1) is 17.2 Å². The molecule has 5 atom stereocenters. The summed E-state index contributed by atoms with van der Waals surface area (Å²) in [6.07, 6.45) is -3.56. The summed E-state index contributed by atoms with van der Waals surface area (Å²) in [6, 6.07) is -0.766. The van der Waals surface area contributed by atoms with Crippen molar-refractivity contribution in [2.24, 2.45) is 17.6 Å². The largest absolute Gasteiger partial charge is 0.510 e. The Morgan fingerprint density at radius 2 is 1.90 bits per heavy atom. The summed E-state index contributed by atoms with van der Waals surface area (Å²) in [4.78, 5) is 27.9. The number of aliphatic hydroxyl groups is 3. The number of aromatic hydroxyl groups is 1. The summed E-state index contributed by atoms with van der Waals surface area (Å²) in [5, 5.41) is 56.5. The van der Waals surface area contributed by atoms with Crippen LogP contribution in [-0.2, 0) is 22.2 Å². The molecule has 1 unspecified atom stereocenters. The van der Waals surface area contributed by atoms with Gasteiger partial charge in [-0.15, -0.1) is 0 Å². The molecule has 0 bridgehead atoms. The number of Topliss-reactive ketones (excluding diaryl/α,β-unsaturated/α-hetero) is 1. The number of hydrogen-bond acceptors (Lipinski definition) is 9. The number of hydrogen-bond donors (Lipinski definition) is 7. The molecule has 3 aliphatic carbocycles. The number of halogens is 3. The minimum atomic E-state index is -4.83. The van der Waals surface area contributed by atoms with Crippen LogP contribution in [-0.4, -0.2) is 74.0 Å². The highest BCUT2D eigenvalue weighted by atomic mass is 19.4. The fourth-order valence-corrected chi connectivity index (χ4v) is 7.40. The van der Waals surface area contributed by atoms with Crippen molar-refractivity contribution in [3.63, 3.8) is 0 Å². The third kappa shape index (κ3) is 3.50. The fraction of sp³-hybridized carbons (Fsp3) is 0.519. The van der Waals surface area contributed by atoms with Gasteiger partial charge in [-0.2, -0.15) is 13.2 Å². The van der Waals surface area contributed by atoms with Crippen molar-refractivity contribution >= 4 is 23.2 Å². The van der Waals surface area contributed by atoms with Crippen LogP contribution in [0.4, 0.5) is 13.2 Å². The number of amides is 1. The average Bonchev–Trinajstić information content (AvgIpc) is 3.36. The number of benzene rings is 1. The number of nitrogens with one attached hydrogen (secondary N) is 2. The van der Waals surface area contributed by atoms with Crippen LogP contribution in [0.15, 0.2) is 23.0 Å². The van der Waals surface area contributed by atoms with Gasteiger partial charge in [-0.25, -0.2) is 0 Å². The first-order chi connectivity index (χ1) is 18.8. The van der Waals surface area contributed by atoms with Gasteiger partial charge in [0.25, 0.3) is 5.91 Å². The standard InChI is InChI=1S/C27H29F3N4O6/c28-27(29,30)19-11(14-3-1-4-33-14)9-15(35)17-12(19)7-10-8-13-20(34-5-2-6-34)22(37)18(25(32)39)23(31)26(13,40)24(38)16(10)21(17)36/h9-10,13-14,20,31,33,35-37,40H,1-8H2,(H2,32,39)/t10-,13-,14?,20-,26+/m0/s1. The minimum absolute atomic E-state index is 0.138. The van der Waals surface area contributed by atoms with E-state index in [9.17, 15) is 43.2 Å². The molecule has 3 fully saturated rings. The first kappa shape index (κ1) is 26.8. The van der Waals surface area contributed by atoms with Crippen LogP contribution in [0.25, 0.3) is 5.76 Å². The van der Waals surface area contributed by atoms with Gasteiger partial charge >= 0.3 is 6.18 Å². The van der Waals surface area contributed by atoms with Gasteiger partial charge in [-0.05, 0) is 61.8 Å². The number of nitrogens with two attached hydrogens (primary N) is 1. The van der Waals surface area contributed by atoms with Gasteiger partial charge in [-0.3, -0.25) is 14.5 Å². The Morgan fingerprint density at radius 3 is 2.45 bits per heavy atom. The summed E-state index contributed by atoms with van der Waals surface area (Å²) in [5.41, 5.74) is -1.29. The maximum Gasteiger partial charge on any atom is 0.417 e. The zero-order valence-corrected chi connectivity index (χ0v) is 21.3. The number of likely N-dealkylation sites (tertiary alicyclic amines) is 1. The van der Waals surface area contributed by atoms with Gasteiger partial charge < -0.3 is 36.9 Å². The van der Waals surface area contributed by atoms with E-state index >= 15 is 0 Å². The Bertz CT molecular complexity index is 1430. The number of ketones is 1. The van der Waals surface area contributed by atoms with Gasteiger partial charge in [0.05, 0.1) is 22.9 Å². The van der Waals surface area contributed by atoms with E-state index in [1.165, 1.54) is 0 Å². The molecule has 6 rings (SSSR count). The third-order valence-corrected chi connectivity index (χ3v) is 9.26. The topological polar surface area (TPSA) is 180 Å². The molecule has 8 N–H and O–H groups in total. The zero-order valence-electron chi connectivity index (χ0n) is 21.3. The second-order valence-electron chi connectivity index (χ2n) is 11.3. The van der Waals surface area contributed by atoms with Crippen molar-refractivity contribution in [3.05, 3.63) is 45.2 Å². The quantitative estimate of drug-likeness (QED) is 0.292. The molecule has 0 radical (unpaired) electrons. The number of fused-ring (bicyclic) bond motifs is 3. The Morgan fingerprint density at radius 1 is 1.20 bits per heavy atom. The summed E-state index contributed by atoms with van der Waals surface area (Å²) in [7, 11) is 0. The number of carbonyl (C=O) groups excluding carboxylic acids is 2. The van der Waals surface area contributed by atoms with Crippen LogP contribution in [0.2, 0.25) is 0 Å². The van der Waals surface area contributed by atoms with E-state index in [1.807, 2.05) is 0 Å². The Labute approximate surface area is 226 Å². The SMILES string of the molecule is N=C1C(C(N)=O)=C(O)[C@@H](N2CCC2)[C@@H]2C[C@@H]3Cc4c(c(O)cc(C5CCCN5)c4C(F)(F)F)C(O)=C3C(=O)[C@]12O. The molecule has 1 aromatic rings. The molecule has 5 aliphatic rings. The van der Waals surface area contributed by atoms with Gasteiger partial charge in [0.2, 0.25) is 5.78 Å². The molecular formula is C27H29F3N4O6. The molecule has 13 heteroatoms. The first-order valence-electron chi connectivity index (χ1n) is 13.2. The lowest BCUT2D eigenvalue weighted by Gasteiger charge is -2.53. The molecule has 0 spiro atoms. The molecule has 2 heterocycles. The lowest BCUT2D eigenvalue weighted by atomic mass is 9.56. The van der Waals surface area contributed by atoms with Gasteiger partial charge in [0.1, 0.15) is 22.8 Å². The lowest BCUT2D eigenvalue weighted by molar-refractivity contribution is -0.140. The van der Waals surface area contributed by atoms with E-state index in [-0.39, 0.29) is 24.0 Å². The third-order valence-electron chi connectivity index (χ3n) is 9.26. The lowest BCUT2D eigenvalue weighted by Crippen LogP contribution is -2.68. The average molecular weight is 563 g/mol. The highest BCUT2D eigenvalue weighted by Gasteiger charge is 2.64. The number of phenols is 1. The van der Waals surface area contributed by atoms with Gasteiger partial charge in [0, 0.05) is 30.6 Å². The van der Waals surface area contributed by atoms with E-state index in [0.29, 0.717) is 32.5 Å². The van der Waals surface area contributed by atoms with Gasteiger partial charge in [0.15, 0.2) is 5.60 Å². The summed E-state index contributed by atoms with van der Waals surface area (Å²) < 4.78 is 43.8. The Balaban J connectivity index is 1.55. The second kappa shape index (κ2) is 8.79. The number of phenolic OH excluding ortho intramolecular Hbond substituents is 1. The van der Waals surface area contributed by atoms with E-state index in [0.717, 1.165) is 12.5 Å². The molecule has 2 saturated heterocycles. The van der Waals surface area contributed by atoms with E-state index < -0.39 is 92.6 Å². The molecule has 1 saturated carbocycles. The summed E-state index contributed by atoms with van der Waals surface area (Å²) in [6.45, 7) is 1.43. The summed E-state index contributed by atoms with van der Waals surface area (Å²) in [5.74, 6) is -6.68. The molecule has 1 amide bonds. The van der Waals surface area contributed by atoms with Gasteiger partial charge in [-0.1, -0.05) is 0 Å². The second-order valence-corrected chi connectivity index (χ2v) is 11.3. The Kier molecular flexibility index (Phi) is 5.88. The highest BCUT2D eigenvalue weighted by Crippen LogP contribution is 2.55. The molecule has 40 heavy (non-hydrogen) atoms. The molecule has 10 nitrogen and oxygen atoms in total. The fourth-order valence-electron chi connectivity index (χ4n) is 7.40. The molecule has 1 aromatic carbocycles. The predicted molar refractivity (Wildman–Crippen MR) is 134 cm³/mol. The van der Waals surface area contributed by atoms with Crippen LogP contribution in [0.1, 0.15) is 54.0 Å². The highest BCUT2D eigenvalue weighted by molar-refractivity contribution is 6.33. The summed E-state index contributed by atoms with van der Waals surface area (Å²) >= 11 is 0. The number of nitrogens with zero attached hydrogens (tertiary/aromatic N) is 1. The van der Waals surface area contributed by atoms with Crippen LogP contribution >= 0.6 is 0 Å². The van der Waals surface area contributed by atoms with Crippen molar-refractivity contribution in [1.29, 1.82) is 5.41 Å². The first-order valence-corrected chi connectivity index (χ1v) is 13.2. The van der Waals surface area contributed by atoms with Crippen molar-refractivity contribution in [2.75, 3.05) is 19.6 Å². The molecular weight excluding hydrogens is 533 g/mol. The van der Waals surface area contributed by atoms with E-state index in [4.69, 9.17) is 11.1 Å². The van der Waals surface area contributed by atoms with Crippen molar-refractivity contribution in [3.8, 4) is 5.75 Å².